The molecule has 3 rings (SSSR count). The summed E-state index contributed by atoms with van der Waals surface area (Å²) in [5, 5.41) is 11.1. The monoisotopic (exact) mass is 416 g/mol. The van der Waals surface area contributed by atoms with Gasteiger partial charge in [-0.25, -0.2) is 12.8 Å². The van der Waals surface area contributed by atoms with Gasteiger partial charge in [-0.1, -0.05) is 24.3 Å². The van der Waals surface area contributed by atoms with Crippen molar-refractivity contribution in [2.24, 2.45) is 0 Å². The molecule has 0 unspecified atom stereocenters. The van der Waals surface area contributed by atoms with E-state index in [1.807, 2.05) is 0 Å². The zero-order valence-electron chi connectivity index (χ0n) is 15.4. The van der Waals surface area contributed by atoms with Gasteiger partial charge in [-0.2, -0.15) is 0 Å². The Morgan fingerprint density at radius 3 is 2.38 bits per heavy atom. The molecule has 0 radical (unpaired) electrons. The van der Waals surface area contributed by atoms with E-state index >= 15 is 0 Å². The van der Waals surface area contributed by atoms with E-state index in [0.29, 0.717) is 11.3 Å². The molecular weight excluding hydrogens is 399 g/mol. The summed E-state index contributed by atoms with van der Waals surface area (Å²) < 4.78 is 46.4. The van der Waals surface area contributed by atoms with E-state index in [4.69, 9.17) is 4.74 Å². The van der Waals surface area contributed by atoms with Gasteiger partial charge in [0.05, 0.1) is 29.2 Å². The van der Waals surface area contributed by atoms with Crippen LogP contribution < -0.4 is 9.04 Å². The minimum absolute atomic E-state index is 0.116. The molecule has 0 amide bonds. The highest BCUT2D eigenvalue weighted by Crippen LogP contribution is 2.34. The van der Waals surface area contributed by atoms with E-state index in [-0.39, 0.29) is 22.8 Å². The van der Waals surface area contributed by atoms with Gasteiger partial charge in [0, 0.05) is 12.1 Å². The quantitative estimate of drug-likeness (QED) is 0.427. The zero-order valence-corrected chi connectivity index (χ0v) is 16.2. The van der Waals surface area contributed by atoms with Crippen LogP contribution >= 0.6 is 0 Å². The number of hydrogen-bond acceptors (Lipinski definition) is 5. The lowest BCUT2D eigenvalue weighted by Crippen LogP contribution is -2.31. The van der Waals surface area contributed by atoms with Crippen molar-refractivity contribution in [3.05, 3.63) is 94.3 Å². The molecule has 0 aliphatic carbocycles. The fraction of sp³-hybridized carbons (Fsp3) is 0.100. The molecule has 3 aromatic rings. The Balaban J connectivity index is 2.13. The Kier molecular flexibility index (Phi) is 5.79. The number of nitro benzene ring substituents is 1. The summed E-state index contributed by atoms with van der Waals surface area (Å²) in [5.41, 5.74) is 0.517. The van der Waals surface area contributed by atoms with Crippen molar-refractivity contribution in [2.45, 2.75) is 11.4 Å². The maximum Gasteiger partial charge on any atom is 0.269 e. The number of nitrogens with zero attached hydrogens (tertiary/aromatic N) is 2. The molecule has 0 heterocycles. The normalized spacial score (nSPS) is 11.1. The van der Waals surface area contributed by atoms with Crippen LogP contribution in [0.25, 0.3) is 0 Å². The largest absolute Gasteiger partial charge is 0.495 e. The molecule has 0 fully saturated rings. The first-order chi connectivity index (χ1) is 13.8. The van der Waals surface area contributed by atoms with E-state index in [2.05, 4.69) is 0 Å². The number of para-hydroxylation sites is 2. The number of rotatable bonds is 7. The van der Waals surface area contributed by atoms with Gasteiger partial charge in [0.1, 0.15) is 11.6 Å². The number of benzene rings is 3. The van der Waals surface area contributed by atoms with E-state index in [0.717, 1.165) is 16.4 Å². The minimum atomic E-state index is -4.12. The van der Waals surface area contributed by atoms with Crippen molar-refractivity contribution in [1.29, 1.82) is 0 Å². The maximum atomic E-state index is 13.3. The standard InChI is InChI=1S/C20H17FN2O5S/c1-28-20-8-3-2-7-19(20)22(14-15-5-4-6-17(13-15)23(24)25)29(26,27)18-11-9-16(21)10-12-18/h2-13H,14H2,1H3. The summed E-state index contributed by atoms with van der Waals surface area (Å²) in [6.07, 6.45) is 0. The Bertz CT molecular complexity index is 1130. The molecule has 0 saturated heterocycles. The summed E-state index contributed by atoms with van der Waals surface area (Å²) in [4.78, 5) is 10.4. The summed E-state index contributed by atoms with van der Waals surface area (Å²) in [5.74, 6) is -0.255. The maximum absolute atomic E-state index is 13.3. The summed E-state index contributed by atoms with van der Waals surface area (Å²) >= 11 is 0. The van der Waals surface area contributed by atoms with Crippen LogP contribution in [0.15, 0.2) is 77.7 Å². The van der Waals surface area contributed by atoms with Gasteiger partial charge in [0.25, 0.3) is 15.7 Å². The number of nitro groups is 1. The van der Waals surface area contributed by atoms with Crippen LogP contribution in [0.3, 0.4) is 0 Å². The second-order valence-corrected chi connectivity index (χ2v) is 7.93. The first-order valence-electron chi connectivity index (χ1n) is 8.47. The van der Waals surface area contributed by atoms with E-state index in [9.17, 15) is 22.9 Å². The lowest BCUT2D eigenvalue weighted by Gasteiger charge is -2.26. The van der Waals surface area contributed by atoms with Crippen molar-refractivity contribution in [1.82, 2.24) is 0 Å². The lowest BCUT2D eigenvalue weighted by atomic mass is 10.2. The summed E-state index contributed by atoms with van der Waals surface area (Å²) in [7, 11) is -2.71. The number of anilines is 1. The highest BCUT2D eigenvalue weighted by atomic mass is 32.2. The lowest BCUT2D eigenvalue weighted by molar-refractivity contribution is -0.384. The molecule has 0 saturated carbocycles. The van der Waals surface area contributed by atoms with Gasteiger partial charge in [-0.3, -0.25) is 14.4 Å². The minimum Gasteiger partial charge on any atom is -0.495 e. The molecule has 0 aliphatic heterocycles. The third kappa shape index (κ3) is 4.35. The molecule has 3 aromatic carbocycles. The summed E-state index contributed by atoms with van der Waals surface area (Å²) in [6, 6.07) is 16.7. The molecule has 0 bridgehead atoms. The highest BCUT2D eigenvalue weighted by Gasteiger charge is 2.28. The Labute approximate surface area is 167 Å². The molecule has 9 heteroatoms. The Hall–Kier alpha value is -3.46. The van der Waals surface area contributed by atoms with E-state index in [1.165, 1.54) is 37.4 Å². The van der Waals surface area contributed by atoms with Crippen LogP contribution in [0.4, 0.5) is 15.8 Å². The van der Waals surface area contributed by atoms with Crippen molar-refractivity contribution in [3.8, 4) is 5.75 Å². The van der Waals surface area contributed by atoms with Crippen LogP contribution in [0.2, 0.25) is 0 Å². The number of halogens is 1. The smallest absolute Gasteiger partial charge is 0.269 e. The van der Waals surface area contributed by atoms with Crippen LogP contribution in [-0.4, -0.2) is 20.5 Å². The highest BCUT2D eigenvalue weighted by molar-refractivity contribution is 7.92. The van der Waals surface area contributed by atoms with E-state index < -0.39 is 20.8 Å². The average molecular weight is 416 g/mol. The third-order valence-electron chi connectivity index (χ3n) is 4.20. The van der Waals surface area contributed by atoms with Crippen LogP contribution in [-0.2, 0) is 16.6 Å². The fourth-order valence-electron chi connectivity index (χ4n) is 2.80. The molecule has 0 N–H and O–H groups in total. The molecule has 0 aliphatic rings. The fourth-order valence-corrected chi connectivity index (χ4v) is 4.27. The number of non-ortho nitro benzene ring substituents is 1. The van der Waals surface area contributed by atoms with Gasteiger partial charge < -0.3 is 4.74 Å². The summed E-state index contributed by atoms with van der Waals surface area (Å²) in [6.45, 7) is -0.179. The Morgan fingerprint density at radius 2 is 1.72 bits per heavy atom. The molecule has 0 atom stereocenters. The van der Waals surface area contributed by atoms with Crippen molar-refractivity contribution in [3.63, 3.8) is 0 Å². The first kappa shape index (κ1) is 20.3. The second kappa shape index (κ2) is 8.27. The van der Waals surface area contributed by atoms with Crippen molar-refractivity contribution < 1.29 is 22.5 Å². The predicted octanol–water partition coefficient (Wildman–Crippen LogP) is 4.14. The van der Waals surface area contributed by atoms with Crippen LogP contribution in [0.1, 0.15) is 5.56 Å². The predicted molar refractivity (Wildman–Crippen MR) is 106 cm³/mol. The van der Waals surface area contributed by atoms with Crippen LogP contribution in [0.5, 0.6) is 5.75 Å². The van der Waals surface area contributed by atoms with Gasteiger partial charge in [-0.15, -0.1) is 0 Å². The van der Waals surface area contributed by atoms with Gasteiger partial charge in [-0.05, 0) is 42.0 Å². The number of hydrogen-bond donors (Lipinski definition) is 0. The van der Waals surface area contributed by atoms with Crippen molar-refractivity contribution >= 4 is 21.4 Å². The number of sulfonamides is 1. The van der Waals surface area contributed by atoms with Gasteiger partial charge in [0.15, 0.2) is 0 Å². The second-order valence-electron chi connectivity index (χ2n) is 6.06. The molecule has 29 heavy (non-hydrogen) atoms. The number of ether oxygens (including phenoxy) is 1. The molecule has 7 nitrogen and oxygen atoms in total. The first-order valence-corrected chi connectivity index (χ1v) is 9.91. The average Bonchev–Trinajstić information content (AvgIpc) is 2.72. The van der Waals surface area contributed by atoms with Gasteiger partial charge >= 0.3 is 0 Å². The zero-order chi connectivity index (χ0) is 21.0. The molecular formula is C20H17FN2O5S. The molecule has 0 aromatic heterocycles. The number of methoxy groups -OCH3 is 1. The van der Waals surface area contributed by atoms with Crippen LogP contribution in [0, 0.1) is 15.9 Å². The molecule has 150 valence electrons. The van der Waals surface area contributed by atoms with E-state index in [1.54, 1.807) is 30.3 Å². The van der Waals surface area contributed by atoms with Gasteiger partial charge in [0.2, 0.25) is 0 Å². The van der Waals surface area contributed by atoms with Crippen molar-refractivity contribution in [2.75, 3.05) is 11.4 Å². The molecule has 0 spiro atoms. The SMILES string of the molecule is COc1ccccc1N(Cc1cccc([N+](=O)[O-])c1)S(=O)(=O)c1ccc(F)cc1. The Morgan fingerprint density at radius 1 is 1.03 bits per heavy atom. The topological polar surface area (TPSA) is 89.8 Å². The third-order valence-corrected chi connectivity index (χ3v) is 5.98.